The molecule has 0 radical (unpaired) electrons. The van der Waals surface area contributed by atoms with Crippen molar-refractivity contribution in [1.29, 1.82) is 0 Å². The van der Waals surface area contributed by atoms with Gasteiger partial charge in [0, 0.05) is 24.7 Å². The predicted octanol–water partition coefficient (Wildman–Crippen LogP) is 1.81. The second kappa shape index (κ2) is 3.88. The summed E-state index contributed by atoms with van der Waals surface area (Å²) in [6.45, 7) is 1.53. The SMILES string of the molecule is CC(=O)[C@@H]1C[C@@H]2C(I)=C[C@H]1C(=O)[C@@]21CCC(=O)O1. The summed E-state index contributed by atoms with van der Waals surface area (Å²) < 4.78 is 6.45. The Morgan fingerprint density at radius 3 is 2.78 bits per heavy atom. The maximum Gasteiger partial charge on any atom is 0.306 e. The Bertz CT molecular complexity index is 495. The number of carbonyl (C=O) groups excluding carboxylic acids is 3. The molecule has 1 heterocycles. The number of Topliss-reactive ketones (excluding diaryl/α,β-unsaturated/α-hetero) is 2. The molecule has 4 nitrogen and oxygen atoms in total. The van der Waals surface area contributed by atoms with Crippen LogP contribution in [-0.2, 0) is 19.1 Å². The summed E-state index contributed by atoms with van der Waals surface area (Å²) in [4.78, 5) is 35.6. The summed E-state index contributed by atoms with van der Waals surface area (Å²) in [5.74, 6) is -1.05. The van der Waals surface area contributed by atoms with Gasteiger partial charge in [-0.3, -0.25) is 14.4 Å². The zero-order valence-corrected chi connectivity index (χ0v) is 12.1. The van der Waals surface area contributed by atoms with Crippen LogP contribution in [0, 0.1) is 17.8 Å². The van der Waals surface area contributed by atoms with Gasteiger partial charge in [-0.2, -0.15) is 0 Å². The Morgan fingerprint density at radius 2 is 2.22 bits per heavy atom. The molecule has 2 fully saturated rings. The molecule has 0 N–H and O–H groups in total. The van der Waals surface area contributed by atoms with Crippen LogP contribution in [0.15, 0.2) is 9.66 Å². The minimum Gasteiger partial charge on any atom is -0.450 e. The van der Waals surface area contributed by atoms with E-state index < -0.39 is 11.5 Å². The molecule has 4 aliphatic rings. The Balaban J connectivity index is 2.05. The monoisotopic (exact) mass is 360 g/mol. The van der Waals surface area contributed by atoms with E-state index in [4.69, 9.17) is 4.74 Å². The lowest BCUT2D eigenvalue weighted by atomic mass is 9.59. The molecular weight excluding hydrogens is 347 g/mol. The maximum absolute atomic E-state index is 12.5. The topological polar surface area (TPSA) is 60.4 Å². The molecule has 0 aromatic carbocycles. The fourth-order valence-corrected chi connectivity index (χ4v) is 4.62. The maximum atomic E-state index is 12.5. The van der Waals surface area contributed by atoms with Gasteiger partial charge in [-0.05, 0) is 39.5 Å². The fourth-order valence-electron chi connectivity index (χ4n) is 3.47. The van der Waals surface area contributed by atoms with Gasteiger partial charge in [-0.25, -0.2) is 0 Å². The van der Waals surface area contributed by atoms with Crippen LogP contribution in [-0.4, -0.2) is 23.1 Å². The molecule has 4 rings (SSSR count). The zero-order chi connectivity index (χ0) is 13.1. The number of fused-ring (bicyclic) bond motifs is 1. The minimum atomic E-state index is -0.959. The van der Waals surface area contributed by atoms with Gasteiger partial charge in [-0.15, -0.1) is 0 Å². The molecule has 4 atom stereocenters. The van der Waals surface area contributed by atoms with Crippen LogP contribution in [0.4, 0.5) is 0 Å². The molecule has 3 aliphatic carbocycles. The molecule has 0 amide bonds. The Hall–Kier alpha value is -0.720. The summed E-state index contributed by atoms with van der Waals surface area (Å²) in [6.07, 6.45) is 3.30. The van der Waals surface area contributed by atoms with E-state index >= 15 is 0 Å². The summed E-state index contributed by atoms with van der Waals surface area (Å²) in [5.41, 5.74) is -0.959. The molecule has 1 aliphatic heterocycles. The molecule has 96 valence electrons. The average Bonchev–Trinajstić information content (AvgIpc) is 2.68. The van der Waals surface area contributed by atoms with Crippen molar-refractivity contribution in [3.63, 3.8) is 0 Å². The highest BCUT2D eigenvalue weighted by atomic mass is 127. The van der Waals surface area contributed by atoms with Crippen molar-refractivity contribution in [1.82, 2.24) is 0 Å². The molecule has 5 heteroatoms. The van der Waals surface area contributed by atoms with Crippen LogP contribution >= 0.6 is 22.6 Å². The van der Waals surface area contributed by atoms with Crippen molar-refractivity contribution in [2.45, 2.75) is 31.8 Å². The normalized spacial score (nSPS) is 42.1. The quantitative estimate of drug-likeness (QED) is 0.529. The van der Waals surface area contributed by atoms with Gasteiger partial charge in [-0.1, -0.05) is 6.08 Å². The first-order valence-electron chi connectivity index (χ1n) is 6.09. The first kappa shape index (κ1) is 12.3. The average molecular weight is 360 g/mol. The van der Waals surface area contributed by atoms with Gasteiger partial charge < -0.3 is 4.74 Å². The standard InChI is InChI=1S/C13H13IO4/c1-6(15)7-4-9-10(14)5-8(7)12(17)13(9)3-2-11(16)18-13/h5,7-9H,2-4H2,1H3/t7-,8+,9+,13+/m0/s1. The Kier molecular flexibility index (Phi) is 2.66. The Labute approximate surface area is 118 Å². The smallest absolute Gasteiger partial charge is 0.306 e. The summed E-state index contributed by atoms with van der Waals surface area (Å²) >= 11 is 2.21. The first-order valence-corrected chi connectivity index (χ1v) is 7.17. The number of esters is 1. The second-order valence-corrected chi connectivity index (χ2v) is 6.56. The van der Waals surface area contributed by atoms with Crippen LogP contribution in [0.3, 0.4) is 0 Å². The molecule has 1 saturated carbocycles. The summed E-state index contributed by atoms with van der Waals surface area (Å²) in [7, 11) is 0. The summed E-state index contributed by atoms with van der Waals surface area (Å²) in [5, 5.41) is 0. The van der Waals surface area contributed by atoms with Crippen LogP contribution in [0.2, 0.25) is 0 Å². The number of hydrogen-bond acceptors (Lipinski definition) is 4. The molecule has 2 bridgehead atoms. The first-order chi connectivity index (χ1) is 8.45. The van der Waals surface area contributed by atoms with Crippen LogP contribution in [0.1, 0.15) is 26.2 Å². The highest BCUT2D eigenvalue weighted by Crippen LogP contribution is 2.54. The molecule has 18 heavy (non-hydrogen) atoms. The third-order valence-electron chi connectivity index (χ3n) is 4.40. The van der Waals surface area contributed by atoms with Crippen LogP contribution in [0.5, 0.6) is 0 Å². The van der Waals surface area contributed by atoms with E-state index in [-0.39, 0.29) is 29.4 Å². The molecule has 0 unspecified atom stereocenters. The number of rotatable bonds is 1. The number of hydrogen-bond donors (Lipinski definition) is 0. The van der Waals surface area contributed by atoms with Crippen molar-refractivity contribution in [2.75, 3.05) is 0 Å². The third kappa shape index (κ3) is 1.45. The van der Waals surface area contributed by atoms with Crippen LogP contribution in [0.25, 0.3) is 0 Å². The Morgan fingerprint density at radius 1 is 1.50 bits per heavy atom. The number of halogens is 1. The van der Waals surface area contributed by atoms with Gasteiger partial charge in [0.05, 0.1) is 5.92 Å². The largest absolute Gasteiger partial charge is 0.450 e. The predicted molar refractivity (Wildman–Crippen MR) is 70.9 cm³/mol. The van der Waals surface area contributed by atoms with Crippen molar-refractivity contribution in [3.05, 3.63) is 9.66 Å². The van der Waals surface area contributed by atoms with Gasteiger partial charge in [0.15, 0.2) is 11.4 Å². The minimum absolute atomic E-state index is 0.0534. The van der Waals surface area contributed by atoms with Crippen molar-refractivity contribution in [3.8, 4) is 0 Å². The summed E-state index contributed by atoms with van der Waals surface area (Å²) in [6, 6.07) is 0. The van der Waals surface area contributed by atoms with Crippen LogP contribution < -0.4 is 0 Å². The van der Waals surface area contributed by atoms with E-state index in [1.165, 1.54) is 6.92 Å². The van der Waals surface area contributed by atoms with E-state index in [2.05, 4.69) is 22.6 Å². The molecule has 1 saturated heterocycles. The van der Waals surface area contributed by atoms with E-state index in [1.807, 2.05) is 6.08 Å². The molecule has 0 aromatic rings. The second-order valence-electron chi connectivity index (χ2n) is 5.31. The number of carbonyl (C=O) groups is 3. The van der Waals surface area contributed by atoms with Crippen molar-refractivity contribution in [2.24, 2.45) is 17.8 Å². The lowest BCUT2D eigenvalue weighted by Gasteiger charge is -2.48. The lowest BCUT2D eigenvalue weighted by Crippen LogP contribution is -2.58. The van der Waals surface area contributed by atoms with E-state index in [0.717, 1.165) is 3.58 Å². The number of ether oxygens (including phenoxy) is 1. The van der Waals surface area contributed by atoms with E-state index in [0.29, 0.717) is 19.3 Å². The highest BCUT2D eigenvalue weighted by Gasteiger charge is 2.62. The highest BCUT2D eigenvalue weighted by molar-refractivity contribution is 14.1. The van der Waals surface area contributed by atoms with Gasteiger partial charge in [0.1, 0.15) is 5.78 Å². The van der Waals surface area contributed by atoms with Gasteiger partial charge >= 0.3 is 5.97 Å². The van der Waals surface area contributed by atoms with Gasteiger partial charge in [0.2, 0.25) is 0 Å². The number of allylic oxidation sites excluding steroid dienone is 1. The van der Waals surface area contributed by atoms with E-state index in [9.17, 15) is 14.4 Å². The zero-order valence-electron chi connectivity index (χ0n) is 9.94. The molecule has 1 spiro atoms. The molecular formula is C13H13IO4. The lowest BCUT2D eigenvalue weighted by molar-refractivity contribution is -0.170. The number of ketones is 2. The van der Waals surface area contributed by atoms with Gasteiger partial charge in [0.25, 0.3) is 0 Å². The fraction of sp³-hybridized carbons (Fsp3) is 0.615. The van der Waals surface area contributed by atoms with Crippen molar-refractivity contribution >= 4 is 40.1 Å². The molecule has 0 aromatic heterocycles. The van der Waals surface area contributed by atoms with E-state index in [1.54, 1.807) is 0 Å². The third-order valence-corrected chi connectivity index (χ3v) is 5.51. The van der Waals surface area contributed by atoms with Crippen molar-refractivity contribution < 1.29 is 19.1 Å².